The van der Waals surface area contributed by atoms with Crippen molar-refractivity contribution in [1.29, 1.82) is 0 Å². The third-order valence-corrected chi connectivity index (χ3v) is 3.30. The molecule has 0 atom stereocenters. The summed E-state index contributed by atoms with van der Waals surface area (Å²) in [5.74, 6) is 0. The van der Waals surface area contributed by atoms with Gasteiger partial charge < -0.3 is 9.32 Å². The standard InChI is InChI=1S/C13H15NO5S/c1-14(2)10-4-5-11-9(8-18-20(3,16)17)6-13(15)19-12(11)7-10/h4-7H,8H2,1-3H3. The maximum absolute atomic E-state index is 11.5. The van der Waals surface area contributed by atoms with E-state index < -0.39 is 15.7 Å². The van der Waals surface area contributed by atoms with Crippen LogP contribution in [0.4, 0.5) is 5.69 Å². The van der Waals surface area contributed by atoms with Crippen LogP contribution in [0, 0.1) is 0 Å². The normalized spacial score (nSPS) is 11.8. The number of benzene rings is 1. The minimum atomic E-state index is -3.57. The van der Waals surface area contributed by atoms with Gasteiger partial charge in [0.15, 0.2) is 0 Å². The largest absolute Gasteiger partial charge is 0.423 e. The molecule has 6 nitrogen and oxygen atoms in total. The molecule has 0 unspecified atom stereocenters. The maximum Gasteiger partial charge on any atom is 0.336 e. The average Bonchev–Trinajstić information content (AvgIpc) is 2.33. The van der Waals surface area contributed by atoms with Crippen molar-refractivity contribution in [2.75, 3.05) is 25.3 Å². The molecule has 0 amide bonds. The molecule has 0 bridgehead atoms. The Morgan fingerprint density at radius 1 is 1.25 bits per heavy atom. The summed E-state index contributed by atoms with van der Waals surface area (Å²) in [5.41, 5.74) is 1.21. The van der Waals surface area contributed by atoms with Crippen molar-refractivity contribution in [3.63, 3.8) is 0 Å². The average molecular weight is 297 g/mol. The van der Waals surface area contributed by atoms with E-state index in [0.29, 0.717) is 16.5 Å². The van der Waals surface area contributed by atoms with Crippen LogP contribution >= 0.6 is 0 Å². The molecule has 0 aliphatic carbocycles. The Morgan fingerprint density at radius 2 is 1.95 bits per heavy atom. The fourth-order valence-corrected chi connectivity index (χ4v) is 2.13. The van der Waals surface area contributed by atoms with E-state index in [1.54, 1.807) is 12.1 Å². The minimum Gasteiger partial charge on any atom is -0.423 e. The SMILES string of the molecule is CN(C)c1ccc2c(COS(C)(=O)=O)cc(=O)oc2c1. The van der Waals surface area contributed by atoms with Gasteiger partial charge in [0.2, 0.25) is 0 Å². The molecule has 1 heterocycles. The van der Waals surface area contributed by atoms with Crippen molar-refractivity contribution in [3.8, 4) is 0 Å². The lowest BCUT2D eigenvalue weighted by molar-refractivity contribution is 0.312. The minimum absolute atomic E-state index is 0.192. The summed E-state index contributed by atoms with van der Waals surface area (Å²) in [6, 6.07) is 6.59. The smallest absolute Gasteiger partial charge is 0.336 e. The van der Waals surface area contributed by atoms with Gasteiger partial charge in [0, 0.05) is 37.3 Å². The molecule has 2 rings (SSSR count). The van der Waals surface area contributed by atoms with Crippen LogP contribution in [0.5, 0.6) is 0 Å². The van der Waals surface area contributed by atoms with Gasteiger partial charge in [-0.3, -0.25) is 4.18 Å². The Morgan fingerprint density at radius 3 is 2.55 bits per heavy atom. The second-order valence-electron chi connectivity index (χ2n) is 4.63. The van der Waals surface area contributed by atoms with Crippen molar-refractivity contribution >= 4 is 26.8 Å². The summed E-state index contributed by atoms with van der Waals surface area (Å²) < 4.78 is 32.0. The van der Waals surface area contributed by atoms with E-state index in [0.717, 1.165) is 11.9 Å². The Balaban J connectivity index is 2.52. The number of nitrogens with zero attached hydrogens (tertiary/aromatic N) is 1. The molecule has 0 aliphatic rings. The van der Waals surface area contributed by atoms with E-state index in [9.17, 15) is 13.2 Å². The second-order valence-corrected chi connectivity index (χ2v) is 6.28. The van der Waals surface area contributed by atoms with E-state index in [2.05, 4.69) is 0 Å². The van der Waals surface area contributed by atoms with E-state index in [4.69, 9.17) is 8.60 Å². The van der Waals surface area contributed by atoms with Crippen LogP contribution in [-0.4, -0.2) is 28.8 Å². The topological polar surface area (TPSA) is 76.8 Å². The van der Waals surface area contributed by atoms with Crippen molar-refractivity contribution in [2.45, 2.75) is 6.61 Å². The van der Waals surface area contributed by atoms with Crippen LogP contribution in [0.3, 0.4) is 0 Å². The van der Waals surface area contributed by atoms with Crippen molar-refractivity contribution in [3.05, 3.63) is 40.2 Å². The van der Waals surface area contributed by atoms with Gasteiger partial charge in [-0.15, -0.1) is 0 Å². The van der Waals surface area contributed by atoms with E-state index in [-0.39, 0.29) is 6.61 Å². The zero-order chi connectivity index (χ0) is 14.9. The monoisotopic (exact) mass is 297 g/mol. The summed E-state index contributed by atoms with van der Waals surface area (Å²) in [7, 11) is 0.176. The number of hydrogen-bond donors (Lipinski definition) is 0. The third-order valence-electron chi connectivity index (χ3n) is 2.76. The molecule has 0 saturated heterocycles. The number of hydrogen-bond acceptors (Lipinski definition) is 6. The lowest BCUT2D eigenvalue weighted by atomic mass is 10.1. The fourth-order valence-electron chi connectivity index (χ4n) is 1.79. The predicted molar refractivity (Wildman–Crippen MR) is 76.4 cm³/mol. The maximum atomic E-state index is 11.5. The van der Waals surface area contributed by atoms with Crippen LogP contribution in [0.2, 0.25) is 0 Å². The first-order valence-electron chi connectivity index (χ1n) is 5.85. The molecule has 7 heteroatoms. The first-order valence-corrected chi connectivity index (χ1v) is 7.66. The first-order chi connectivity index (χ1) is 9.26. The third kappa shape index (κ3) is 3.37. The molecule has 1 aromatic carbocycles. The zero-order valence-electron chi connectivity index (χ0n) is 11.4. The molecule has 0 radical (unpaired) electrons. The lowest BCUT2D eigenvalue weighted by Gasteiger charge is -2.13. The number of rotatable bonds is 4. The lowest BCUT2D eigenvalue weighted by Crippen LogP contribution is -2.09. The Kier molecular flexibility index (Phi) is 3.82. The quantitative estimate of drug-likeness (QED) is 0.626. The highest BCUT2D eigenvalue weighted by Crippen LogP contribution is 2.23. The van der Waals surface area contributed by atoms with Gasteiger partial charge in [-0.25, -0.2) is 4.79 Å². The Bertz CT molecular complexity index is 792. The Labute approximate surface area is 116 Å². The van der Waals surface area contributed by atoms with Gasteiger partial charge in [0.25, 0.3) is 10.1 Å². The summed E-state index contributed by atoms with van der Waals surface area (Å²) in [6.45, 7) is -0.192. The second kappa shape index (κ2) is 5.26. The molecule has 20 heavy (non-hydrogen) atoms. The molecule has 2 aromatic rings. The highest BCUT2D eigenvalue weighted by Gasteiger charge is 2.10. The van der Waals surface area contributed by atoms with Crippen molar-refractivity contribution in [2.24, 2.45) is 0 Å². The first kappa shape index (κ1) is 14.5. The van der Waals surface area contributed by atoms with Crippen LogP contribution < -0.4 is 10.5 Å². The number of fused-ring (bicyclic) bond motifs is 1. The van der Waals surface area contributed by atoms with Gasteiger partial charge in [0.1, 0.15) is 5.58 Å². The summed E-state index contributed by atoms with van der Waals surface area (Å²) >= 11 is 0. The van der Waals surface area contributed by atoms with Gasteiger partial charge >= 0.3 is 5.63 Å². The van der Waals surface area contributed by atoms with E-state index in [1.807, 2.05) is 25.1 Å². The summed E-state index contributed by atoms with van der Waals surface area (Å²) in [4.78, 5) is 13.4. The molecule has 1 aromatic heterocycles. The zero-order valence-corrected chi connectivity index (χ0v) is 12.2. The van der Waals surface area contributed by atoms with Crippen LogP contribution in [-0.2, 0) is 20.9 Å². The van der Waals surface area contributed by atoms with Crippen LogP contribution in [0.15, 0.2) is 33.5 Å². The van der Waals surface area contributed by atoms with Crippen molar-refractivity contribution in [1.82, 2.24) is 0 Å². The molecule has 0 saturated carbocycles. The van der Waals surface area contributed by atoms with Crippen LogP contribution in [0.1, 0.15) is 5.56 Å². The van der Waals surface area contributed by atoms with Crippen molar-refractivity contribution < 1.29 is 17.0 Å². The Hall–Kier alpha value is -1.86. The molecule has 0 N–H and O–H groups in total. The van der Waals surface area contributed by atoms with E-state index in [1.165, 1.54) is 6.07 Å². The molecule has 0 spiro atoms. The fraction of sp³-hybridized carbons (Fsp3) is 0.308. The van der Waals surface area contributed by atoms with Gasteiger partial charge in [-0.1, -0.05) is 0 Å². The van der Waals surface area contributed by atoms with Crippen LogP contribution in [0.25, 0.3) is 11.0 Å². The summed E-state index contributed by atoms with van der Waals surface area (Å²) in [6.07, 6.45) is 0.963. The molecule has 0 fully saturated rings. The van der Waals surface area contributed by atoms with Gasteiger partial charge in [0.05, 0.1) is 12.9 Å². The number of anilines is 1. The van der Waals surface area contributed by atoms with Gasteiger partial charge in [-0.05, 0) is 17.7 Å². The molecular formula is C13H15NO5S. The van der Waals surface area contributed by atoms with E-state index >= 15 is 0 Å². The van der Waals surface area contributed by atoms with Gasteiger partial charge in [-0.2, -0.15) is 8.42 Å². The highest BCUT2D eigenvalue weighted by molar-refractivity contribution is 7.85. The predicted octanol–water partition coefficient (Wildman–Crippen LogP) is 1.34. The molecular weight excluding hydrogens is 282 g/mol. The molecule has 108 valence electrons. The highest BCUT2D eigenvalue weighted by atomic mass is 32.2. The summed E-state index contributed by atoms with van der Waals surface area (Å²) in [5, 5.41) is 0.652. The molecule has 0 aliphatic heterocycles.